The number of carbonyl (C=O) groups is 2. The topological polar surface area (TPSA) is 93.9 Å². The molecule has 0 aliphatic rings. The fourth-order valence-electron chi connectivity index (χ4n) is 2.78. The summed E-state index contributed by atoms with van der Waals surface area (Å²) in [7, 11) is 3.03. The molecule has 0 spiro atoms. The number of carbonyl (C=O) groups excluding carboxylic acids is 2. The molecule has 0 saturated heterocycles. The molecule has 9 heteroatoms. The number of aryl methyl sites for hydroxylation is 1. The fraction of sp³-hybridized carbons (Fsp3) is 0.227. The van der Waals surface area contributed by atoms with Gasteiger partial charge in [-0.15, -0.1) is 0 Å². The molecule has 1 aromatic heterocycles. The Bertz CT molecular complexity index is 1070. The third-order valence-electron chi connectivity index (χ3n) is 4.34. The molecule has 3 rings (SSSR count). The van der Waals surface area contributed by atoms with Gasteiger partial charge < -0.3 is 24.2 Å². The van der Waals surface area contributed by atoms with E-state index in [-0.39, 0.29) is 18.4 Å². The van der Waals surface area contributed by atoms with Gasteiger partial charge in [-0.2, -0.15) is 0 Å². The van der Waals surface area contributed by atoms with Crippen molar-refractivity contribution in [1.29, 1.82) is 0 Å². The number of anilines is 1. The molecule has 2 amide bonds. The quantitative estimate of drug-likeness (QED) is 0.566. The van der Waals surface area contributed by atoms with E-state index in [4.69, 9.17) is 25.6 Å². The third kappa shape index (κ3) is 5.99. The molecule has 1 heterocycles. The van der Waals surface area contributed by atoms with E-state index in [9.17, 15) is 9.59 Å². The number of rotatable bonds is 8. The maximum Gasteiger partial charge on any atom is 0.254 e. The van der Waals surface area contributed by atoms with E-state index in [1.807, 2.05) is 12.1 Å². The van der Waals surface area contributed by atoms with Crippen molar-refractivity contribution in [3.63, 3.8) is 0 Å². The summed E-state index contributed by atoms with van der Waals surface area (Å²) in [5.41, 5.74) is 1.31. The molecule has 0 unspecified atom stereocenters. The lowest BCUT2D eigenvalue weighted by Gasteiger charge is -2.18. The first-order chi connectivity index (χ1) is 14.9. The zero-order valence-corrected chi connectivity index (χ0v) is 18.1. The van der Waals surface area contributed by atoms with Crippen molar-refractivity contribution < 1.29 is 23.6 Å². The number of ether oxygens (including phenoxy) is 2. The summed E-state index contributed by atoms with van der Waals surface area (Å²) in [4.78, 5) is 26.2. The zero-order valence-electron chi connectivity index (χ0n) is 17.3. The number of nitrogens with zero attached hydrogens (tertiary/aromatic N) is 2. The highest BCUT2D eigenvalue weighted by molar-refractivity contribution is 6.30. The van der Waals surface area contributed by atoms with Crippen LogP contribution in [-0.4, -0.2) is 42.6 Å². The van der Waals surface area contributed by atoms with Crippen molar-refractivity contribution in [2.75, 3.05) is 26.0 Å². The van der Waals surface area contributed by atoms with Crippen LogP contribution in [0.2, 0.25) is 5.02 Å². The Morgan fingerprint density at radius 3 is 2.52 bits per heavy atom. The Labute approximate surface area is 184 Å². The van der Waals surface area contributed by atoms with E-state index in [1.54, 1.807) is 43.3 Å². The first-order valence-corrected chi connectivity index (χ1v) is 9.77. The van der Waals surface area contributed by atoms with Crippen LogP contribution in [0.25, 0.3) is 0 Å². The van der Waals surface area contributed by atoms with Gasteiger partial charge in [0, 0.05) is 23.7 Å². The molecule has 0 saturated carbocycles. The summed E-state index contributed by atoms with van der Waals surface area (Å²) in [6.45, 7) is 1.89. The van der Waals surface area contributed by atoms with Gasteiger partial charge in [-0.3, -0.25) is 9.59 Å². The third-order valence-corrected chi connectivity index (χ3v) is 4.59. The van der Waals surface area contributed by atoms with E-state index >= 15 is 0 Å². The minimum atomic E-state index is -0.390. The van der Waals surface area contributed by atoms with E-state index in [0.29, 0.717) is 40.3 Å². The molecule has 0 bridgehead atoms. The molecule has 3 aromatic rings. The number of methoxy groups -OCH3 is 1. The van der Waals surface area contributed by atoms with Gasteiger partial charge in [-0.1, -0.05) is 28.9 Å². The first-order valence-electron chi connectivity index (χ1n) is 9.39. The summed E-state index contributed by atoms with van der Waals surface area (Å²) < 4.78 is 16.1. The van der Waals surface area contributed by atoms with Gasteiger partial charge >= 0.3 is 0 Å². The maximum absolute atomic E-state index is 12.7. The van der Waals surface area contributed by atoms with Crippen LogP contribution in [0.4, 0.5) is 5.82 Å². The molecule has 2 aromatic carbocycles. The van der Waals surface area contributed by atoms with E-state index in [0.717, 1.165) is 5.56 Å². The molecule has 31 heavy (non-hydrogen) atoms. The Balaban J connectivity index is 1.62. The van der Waals surface area contributed by atoms with Crippen LogP contribution in [0.5, 0.6) is 11.5 Å². The van der Waals surface area contributed by atoms with Crippen LogP contribution in [0.3, 0.4) is 0 Å². The van der Waals surface area contributed by atoms with Crippen LogP contribution in [-0.2, 0) is 11.4 Å². The molecule has 1 N–H and O–H groups in total. The molecular weight excluding hydrogens is 422 g/mol. The minimum Gasteiger partial charge on any atom is -0.493 e. The Hall–Kier alpha value is -3.52. The number of nitrogens with one attached hydrogen (secondary N) is 1. The lowest BCUT2D eigenvalue weighted by Crippen LogP contribution is -2.35. The van der Waals surface area contributed by atoms with Crippen LogP contribution in [0.15, 0.2) is 53.1 Å². The summed E-state index contributed by atoms with van der Waals surface area (Å²) in [6.07, 6.45) is 0. The fourth-order valence-corrected chi connectivity index (χ4v) is 2.90. The van der Waals surface area contributed by atoms with Gasteiger partial charge in [0.25, 0.3) is 5.91 Å². The summed E-state index contributed by atoms with van der Waals surface area (Å²) in [5, 5.41) is 6.92. The second-order valence-corrected chi connectivity index (χ2v) is 7.25. The molecule has 0 fully saturated rings. The Kier molecular flexibility index (Phi) is 7.15. The lowest BCUT2D eigenvalue weighted by atomic mass is 10.1. The summed E-state index contributed by atoms with van der Waals surface area (Å²) in [5.74, 6) is 1.05. The smallest absolute Gasteiger partial charge is 0.254 e. The van der Waals surface area contributed by atoms with Gasteiger partial charge in [0.1, 0.15) is 12.4 Å². The lowest BCUT2D eigenvalue weighted by molar-refractivity contribution is -0.116. The minimum absolute atomic E-state index is 0.151. The molecule has 0 atom stereocenters. The van der Waals surface area contributed by atoms with Gasteiger partial charge in [0.2, 0.25) is 5.91 Å². The van der Waals surface area contributed by atoms with Crippen molar-refractivity contribution in [2.24, 2.45) is 0 Å². The molecule has 162 valence electrons. The highest BCUT2D eigenvalue weighted by atomic mass is 35.5. The van der Waals surface area contributed by atoms with Crippen molar-refractivity contribution in [1.82, 2.24) is 10.1 Å². The standard InChI is InChI=1S/C22H22ClN3O5/c1-14-10-20(25-31-14)24-21(27)12-26(2)22(28)16-6-9-18(19(11-16)29-3)30-13-15-4-7-17(23)8-5-15/h4-11H,12-13H2,1-3H3,(H,24,25,27). The Morgan fingerprint density at radius 2 is 1.87 bits per heavy atom. The number of amides is 2. The second-order valence-electron chi connectivity index (χ2n) is 6.81. The van der Waals surface area contributed by atoms with E-state index in [2.05, 4.69) is 10.5 Å². The number of aromatic nitrogens is 1. The average molecular weight is 444 g/mol. The van der Waals surface area contributed by atoms with E-state index < -0.39 is 0 Å². The predicted octanol–water partition coefficient (Wildman–Crippen LogP) is 3.93. The number of hydrogen-bond donors (Lipinski definition) is 1. The van der Waals surface area contributed by atoms with Crippen LogP contribution in [0, 0.1) is 6.92 Å². The normalized spacial score (nSPS) is 10.5. The van der Waals surface area contributed by atoms with Crippen LogP contribution in [0.1, 0.15) is 21.7 Å². The van der Waals surface area contributed by atoms with Crippen LogP contribution < -0.4 is 14.8 Å². The highest BCUT2D eigenvalue weighted by Crippen LogP contribution is 2.29. The van der Waals surface area contributed by atoms with Gasteiger partial charge in [0.15, 0.2) is 17.3 Å². The summed E-state index contributed by atoms with van der Waals surface area (Å²) >= 11 is 5.89. The second kappa shape index (κ2) is 9.99. The number of benzene rings is 2. The maximum atomic E-state index is 12.7. The van der Waals surface area contributed by atoms with Crippen molar-refractivity contribution in [3.8, 4) is 11.5 Å². The molecule has 0 aliphatic carbocycles. The number of halogens is 1. The monoisotopic (exact) mass is 443 g/mol. The largest absolute Gasteiger partial charge is 0.493 e. The van der Waals surface area contributed by atoms with Crippen LogP contribution >= 0.6 is 11.6 Å². The van der Waals surface area contributed by atoms with Gasteiger partial charge in [-0.05, 0) is 42.8 Å². The van der Waals surface area contributed by atoms with Crippen molar-refractivity contribution in [3.05, 3.63) is 70.4 Å². The average Bonchev–Trinajstić information content (AvgIpc) is 3.16. The van der Waals surface area contributed by atoms with Gasteiger partial charge in [-0.25, -0.2) is 0 Å². The molecule has 0 aliphatic heterocycles. The van der Waals surface area contributed by atoms with E-state index in [1.165, 1.54) is 19.1 Å². The number of hydrogen-bond acceptors (Lipinski definition) is 6. The summed E-state index contributed by atoms with van der Waals surface area (Å²) in [6, 6.07) is 13.8. The SMILES string of the molecule is COc1cc(C(=O)N(C)CC(=O)Nc2cc(C)on2)ccc1OCc1ccc(Cl)cc1. The molecule has 8 nitrogen and oxygen atoms in total. The number of likely N-dealkylation sites (N-methyl/N-ethyl adjacent to an activating group) is 1. The zero-order chi connectivity index (χ0) is 22.4. The first kappa shape index (κ1) is 22.2. The highest BCUT2D eigenvalue weighted by Gasteiger charge is 2.18. The Morgan fingerprint density at radius 1 is 1.13 bits per heavy atom. The van der Waals surface area contributed by atoms with Gasteiger partial charge in [0.05, 0.1) is 13.7 Å². The molecule has 0 radical (unpaired) electrons. The molecular formula is C22H22ClN3O5. The van der Waals surface area contributed by atoms with Crippen molar-refractivity contribution >= 4 is 29.2 Å². The predicted molar refractivity (Wildman–Crippen MR) is 116 cm³/mol. The van der Waals surface area contributed by atoms with Crippen molar-refractivity contribution in [2.45, 2.75) is 13.5 Å².